The van der Waals surface area contributed by atoms with Gasteiger partial charge in [0.15, 0.2) is 0 Å². The van der Waals surface area contributed by atoms with Crippen LogP contribution >= 0.6 is 0 Å². The van der Waals surface area contributed by atoms with E-state index in [2.05, 4.69) is 48.5 Å². The number of methoxy groups -OCH3 is 1. The Bertz CT molecular complexity index is 1080. The van der Waals surface area contributed by atoms with Crippen molar-refractivity contribution in [2.24, 2.45) is 0 Å². The fourth-order valence-corrected chi connectivity index (χ4v) is 3.25. The van der Waals surface area contributed by atoms with Crippen LogP contribution in [0.3, 0.4) is 0 Å². The van der Waals surface area contributed by atoms with E-state index in [9.17, 15) is 4.79 Å². The van der Waals surface area contributed by atoms with Crippen molar-refractivity contribution in [3.8, 4) is 28.0 Å². The Morgan fingerprint density at radius 1 is 0.692 bits per heavy atom. The Morgan fingerprint density at radius 3 is 2.15 bits per heavy atom. The molecule has 0 bridgehead atoms. The number of fused-ring (bicyclic) bond motifs is 1. The molecule has 4 aromatic carbocycles. The highest BCUT2D eigenvalue weighted by atomic mass is 16.5. The van der Waals surface area contributed by atoms with Crippen molar-refractivity contribution in [1.82, 2.24) is 0 Å². The van der Waals surface area contributed by atoms with Crippen molar-refractivity contribution in [1.29, 1.82) is 0 Å². The molecule has 0 aliphatic rings. The van der Waals surface area contributed by atoms with Crippen LogP contribution in [0.4, 0.5) is 0 Å². The smallest absolute Gasteiger partial charge is 0.150 e. The van der Waals surface area contributed by atoms with E-state index in [0.29, 0.717) is 5.56 Å². The molecule has 0 heterocycles. The van der Waals surface area contributed by atoms with Gasteiger partial charge in [-0.3, -0.25) is 4.79 Å². The zero-order valence-electron chi connectivity index (χ0n) is 14.5. The van der Waals surface area contributed by atoms with Gasteiger partial charge in [0.2, 0.25) is 0 Å². The first kappa shape index (κ1) is 16.1. The number of aldehydes is 1. The molecule has 0 amide bonds. The summed E-state index contributed by atoms with van der Waals surface area (Å²) in [7, 11) is 1.65. The molecule has 0 aliphatic heterocycles. The number of benzene rings is 4. The van der Waals surface area contributed by atoms with E-state index >= 15 is 0 Å². The van der Waals surface area contributed by atoms with Gasteiger partial charge in [-0.05, 0) is 57.8 Å². The average Bonchev–Trinajstić information content (AvgIpc) is 2.73. The molecule has 0 saturated heterocycles. The quantitative estimate of drug-likeness (QED) is 0.427. The first-order valence-corrected chi connectivity index (χ1v) is 8.51. The average molecular weight is 338 g/mol. The molecule has 0 N–H and O–H groups in total. The van der Waals surface area contributed by atoms with Crippen LogP contribution in [0.1, 0.15) is 10.4 Å². The highest BCUT2D eigenvalue weighted by molar-refractivity contribution is 5.92. The van der Waals surface area contributed by atoms with E-state index in [-0.39, 0.29) is 0 Å². The second kappa shape index (κ2) is 6.85. The summed E-state index contributed by atoms with van der Waals surface area (Å²) >= 11 is 0. The van der Waals surface area contributed by atoms with Gasteiger partial charge in [0, 0.05) is 11.1 Å². The molecule has 0 radical (unpaired) electrons. The maximum atomic E-state index is 11.2. The third kappa shape index (κ3) is 2.98. The number of ether oxygens (including phenoxy) is 1. The molecule has 4 rings (SSSR count). The van der Waals surface area contributed by atoms with E-state index < -0.39 is 0 Å². The van der Waals surface area contributed by atoms with Crippen LogP contribution in [0.5, 0.6) is 5.75 Å². The third-order valence-electron chi connectivity index (χ3n) is 4.62. The Morgan fingerprint density at radius 2 is 1.42 bits per heavy atom. The van der Waals surface area contributed by atoms with Gasteiger partial charge < -0.3 is 4.74 Å². The zero-order chi connectivity index (χ0) is 17.9. The molecule has 126 valence electrons. The Kier molecular flexibility index (Phi) is 4.24. The van der Waals surface area contributed by atoms with E-state index in [4.69, 9.17) is 4.74 Å². The predicted octanol–water partition coefficient (Wildman–Crippen LogP) is 5.99. The number of carbonyl (C=O) groups excluding carboxylic acids is 1. The van der Waals surface area contributed by atoms with Crippen LogP contribution in [-0.4, -0.2) is 13.4 Å². The van der Waals surface area contributed by atoms with E-state index in [1.807, 2.05) is 30.3 Å². The zero-order valence-corrected chi connectivity index (χ0v) is 14.5. The van der Waals surface area contributed by atoms with E-state index in [1.54, 1.807) is 13.2 Å². The topological polar surface area (TPSA) is 26.3 Å². The molecule has 26 heavy (non-hydrogen) atoms. The van der Waals surface area contributed by atoms with Crippen LogP contribution < -0.4 is 4.74 Å². The molecule has 0 aliphatic carbocycles. The van der Waals surface area contributed by atoms with Crippen molar-refractivity contribution in [2.75, 3.05) is 7.11 Å². The summed E-state index contributed by atoms with van der Waals surface area (Å²) in [6, 6.07) is 28.6. The Balaban J connectivity index is 1.86. The fourth-order valence-electron chi connectivity index (χ4n) is 3.25. The van der Waals surface area contributed by atoms with Gasteiger partial charge in [-0.1, -0.05) is 54.6 Å². The predicted molar refractivity (Wildman–Crippen MR) is 107 cm³/mol. The van der Waals surface area contributed by atoms with Gasteiger partial charge in [0.25, 0.3) is 0 Å². The normalized spacial score (nSPS) is 10.7. The monoisotopic (exact) mass is 338 g/mol. The summed E-state index contributed by atoms with van der Waals surface area (Å²) in [5, 5.41) is 2.33. The van der Waals surface area contributed by atoms with Gasteiger partial charge in [0.1, 0.15) is 12.0 Å². The molecule has 2 heteroatoms. The molecule has 4 aromatic rings. The molecule has 2 nitrogen and oxygen atoms in total. The minimum Gasteiger partial charge on any atom is -0.496 e. The van der Waals surface area contributed by atoms with Crippen molar-refractivity contribution in [3.05, 3.63) is 90.5 Å². The molecule has 0 spiro atoms. The summed E-state index contributed by atoms with van der Waals surface area (Å²) in [5.41, 5.74) is 4.97. The summed E-state index contributed by atoms with van der Waals surface area (Å²) in [6.45, 7) is 0. The lowest BCUT2D eigenvalue weighted by atomic mass is 9.96. The first-order chi connectivity index (χ1) is 12.8. The second-order valence-corrected chi connectivity index (χ2v) is 6.22. The largest absolute Gasteiger partial charge is 0.496 e. The molecule has 0 unspecified atom stereocenters. The molecule has 0 fully saturated rings. The summed E-state index contributed by atoms with van der Waals surface area (Å²) in [4.78, 5) is 11.2. The highest BCUT2D eigenvalue weighted by Gasteiger charge is 2.08. The van der Waals surface area contributed by atoms with Crippen LogP contribution in [0.15, 0.2) is 84.9 Å². The Hall–Kier alpha value is -3.39. The lowest BCUT2D eigenvalue weighted by Gasteiger charge is -2.11. The van der Waals surface area contributed by atoms with Crippen LogP contribution in [0.2, 0.25) is 0 Å². The Labute approximate surface area is 152 Å². The molecular formula is C24H18O2. The highest BCUT2D eigenvalue weighted by Crippen LogP contribution is 2.33. The van der Waals surface area contributed by atoms with Crippen LogP contribution in [-0.2, 0) is 0 Å². The maximum absolute atomic E-state index is 11.2. The van der Waals surface area contributed by atoms with E-state index in [0.717, 1.165) is 28.5 Å². The van der Waals surface area contributed by atoms with Crippen molar-refractivity contribution < 1.29 is 9.53 Å². The van der Waals surface area contributed by atoms with Gasteiger partial charge in [0.05, 0.1) is 7.11 Å². The molecule has 0 aromatic heterocycles. The molecular weight excluding hydrogens is 320 g/mol. The van der Waals surface area contributed by atoms with Crippen molar-refractivity contribution in [2.45, 2.75) is 0 Å². The number of hydrogen-bond acceptors (Lipinski definition) is 2. The first-order valence-electron chi connectivity index (χ1n) is 8.51. The number of rotatable bonds is 4. The van der Waals surface area contributed by atoms with Crippen molar-refractivity contribution >= 4 is 17.1 Å². The lowest BCUT2D eigenvalue weighted by molar-refractivity contribution is 0.112. The van der Waals surface area contributed by atoms with Gasteiger partial charge in [-0.2, -0.15) is 0 Å². The number of hydrogen-bond donors (Lipinski definition) is 0. The standard InChI is InChI=1S/C24H18O2/c1-26-24-12-7-17(16-25)13-23(24)21-11-9-19-8-10-20(14-22(19)15-21)18-5-3-2-4-6-18/h2-16H,1H3. The van der Waals surface area contributed by atoms with Crippen LogP contribution in [0.25, 0.3) is 33.0 Å². The summed E-state index contributed by atoms with van der Waals surface area (Å²) in [5.74, 6) is 0.758. The fraction of sp³-hybridized carbons (Fsp3) is 0.0417. The third-order valence-corrected chi connectivity index (χ3v) is 4.62. The van der Waals surface area contributed by atoms with Crippen molar-refractivity contribution in [3.63, 3.8) is 0 Å². The SMILES string of the molecule is COc1ccc(C=O)cc1-c1ccc2ccc(-c3ccccc3)cc2c1. The maximum Gasteiger partial charge on any atom is 0.150 e. The molecule has 0 saturated carbocycles. The van der Waals surface area contributed by atoms with Gasteiger partial charge in [-0.15, -0.1) is 0 Å². The van der Waals surface area contributed by atoms with Gasteiger partial charge in [-0.25, -0.2) is 0 Å². The molecule has 0 atom stereocenters. The van der Waals surface area contributed by atoms with E-state index in [1.165, 1.54) is 16.5 Å². The second-order valence-electron chi connectivity index (χ2n) is 6.22. The number of carbonyl (C=O) groups is 1. The lowest BCUT2D eigenvalue weighted by Crippen LogP contribution is -1.90. The van der Waals surface area contributed by atoms with Crippen LogP contribution in [0, 0.1) is 0 Å². The summed E-state index contributed by atoms with van der Waals surface area (Å²) < 4.78 is 5.49. The van der Waals surface area contributed by atoms with Gasteiger partial charge >= 0.3 is 0 Å². The minimum absolute atomic E-state index is 0.638. The minimum atomic E-state index is 0.638. The summed E-state index contributed by atoms with van der Waals surface area (Å²) in [6.07, 6.45) is 0.859.